The second-order valence-corrected chi connectivity index (χ2v) is 1.69. The summed E-state index contributed by atoms with van der Waals surface area (Å²) in [5.41, 5.74) is 0. The highest BCUT2D eigenvalue weighted by Crippen LogP contribution is 2.06. The summed E-state index contributed by atoms with van der Waals surface area (Å²) in [5, 5.41) is 1.99. The van der Waals surface area contributed by atoms with Crippen molar-refractivity contribution < 1.29 is 0 Å². The maximum absolute atomic E-state index is 3.88. The van der Waals surface area contributed by atoms with Crippen LogP contribution in [0.2, 0.25) is 0 Å². The van der Waals surface area contributed by atoms with Crippen molar-refractivity contribution in [3.8, 4) is 0 Å². The molecule has 0 fully saturated rings. The molecule has 1 aliphatic heterocycles. The molecule has 1 rings (SSSR count). The van der Waals surface area contributed by atoms with E-state index in [4.69, 9.17) is 0 Å². The van der Waals surface area contributed by atoms with Gasteiger partial charge in [-0.3, -0.25) is 0 Å². The molecule has 0 amide bonds. The zero-order valence-corrected chi connectivity index (χ0v) is 4.11. The predicted octanol–water partition coefficient (Wildman–Crippen LogP) is 1.62. The van der Waals surface area contributed by atoms with E-state index < -0.39 is 0 Å². The van der Waals surface area contributed by atoms with Crippen molar-refractivity contribution in [3.63, 3.8) is 0 Å². The Bertz CT molecular complexity index is 65.5. The molecule has 0 aromatic rings. The van der Waals surface area contributed by atoms with Crippen LogP contribution >= 0.6 is 11.9 Å². The molecule has 0 aliphatic carbocycles. The SMILES string of the molecule is C1=CSN=CC1. The number of allylic oxidation sites excluding steroid dienone is 1. The molecular formula is C4H5NS. The van der Waals surface area contributed by atoms with Crippen LogP contribution in [0.15, 0.2) is 15.9 Å². The molecule has 0 spiro atoms. The third-order valence-electron chi connectivity index (χ3n) is 0.534. The van der Waals surface area contributed by atoms with Gasteiger partial charge in [-0.05, 0) is 5.41 Å². The predicted molar refractivity (Wildman–Crippen MR) is 29.8 cm³/mol. The molecule has 1 heterocycles. The zero-order valence-electron chi connectivity index (χ0n) is 3.29. The van der Waals surface area contributed by atoms with Crippen LogP contribution in [0.4, 0.5) is 0 Å². The first-order chi connectivity index (χ1) is 3.00. The fourth-order valence-electron chi connectivity index (χ4n) is 0.281. The topological polar surface area (TPSA) is 12.4 Å². The normalized spacial score (nSPS) is 18.7. The molecule has 2 heteroatoms. The second-order valence-electron chi connectivity index (χ2n) is 1.00. The molecule has 0 atom stereocenters. The molecule has 6 heavy (non-hydrogen) atoms. The van der Waals surface area contributed by atoms with E-state index in [1.165, 1.54) is 11.9 Å². The number of rotatable bonds is 0. The van der Waals surface area contributed by atoms with Gasteiger partial charge >= 0.3 is 0 Å². The molecule has 0 radical (unpaired) electrons. The van der Waals surface area contributed by atoms with Crippen LogP contribution in [0.5, 0.6) is 0 Å². The lowest BCUT2D eigenvalue weighted by molar-refractivity contribution is 1.53. The van der Waals surface area contributed by atoms with Gasteiger partial charge in [0, 0.05) is 24.6 Å². The number of nitrogens with zero attached hydrogens (tertiary/aromatic N) is 1. The molecule has 0 aromatic heterocycles. The molecule has 1 aliphatic rings. The summed E-state index contributed by atoms with van der Waals surface area (Å²) >= 11 is 1.48. The Labute approximate surface area is 41.3 Å². The van der Waals surface area contributed by atoms with E-state index in [-0.39, 0.29) is 0 Å². The lowest BCUT2D eigenvalue weighted by Gasteiger charge is -1.86. The Kier molecular flexibility index (Phi) is 1.33. The molecule has 0 aromatic carbocycles. The van der Waals surface area contributed by atoms with Crippen LogP contribution in [0.25, 0.3) is 0 Å². The van der Waals surface area contributed by atoms with E-state index in [2.05, 4.69) is 10.5 Å². The van der Waals surface area contributed by atoms with E-state index in [1.807, 2.05) is 11.6 Å². The summed E-state index contributed by atoms with van der Waals surface area (Å²) in [6.45, 7) is 0. The quantitative estimate of drug-likeness (QED) is 0.420. The smallest absolute Gasteiger partial charge is 0.0168 e. The first-order valence-corrected chi connectivity index (χ1v) is 2.66. The summed E-state index contributed by atoms with van der Waals surface area (Å²) in [6.07, 6.45) is 4.98. The maximum Gasteiger partial charge on any atom is 0.0168 e. The molecule has 0 saturated heterocycles. The van der Waals surface area contributed by atoms with Gasteiger partial charge < -0.3 is 0 Å². The Morgan fingerprint density at radius 1 is 1.67 bits per heavy atom. The average molecular weight is 99.2 g/mol. The van der Waals surface area contributed by atoms with Crippen molar-refractivity contribution >= 4 is 18.2 Å². The van der Waals surface area contributed by atoms with Crippen LogP contribution in [0.1, 0.15) is 6.42 Å². The highest BCUT2D eigenvalue weighted by Gasteiger charge is 1.77. The third kappa shape index (κ3) is 0.863. The minimum absolute atomic E-state index is 1.01. The van der Waals surface area contributed by atoms with Gasteiger partial charge in [-0.15, -0.1) is 0 Å². The molecular weight excluding hydrogens is 94.1 g/mol. The maximum atomic E-state index is 3.88. The van der Waals surface area contributed by atoms with Crippen molar-refractivity contribution in [2.45, 2.75) is 6.42 Å². The van der Waals surface area contributed by atoms with E-state index in [0.717, 1.165) is 6.42 Å². The molecule has 0 N–H and O–H groups in total. The largest absolute Gasteiger partial charge is 0.224 e. The number of hydrogen-bond donors (Lipinski definition) is 0. The zero-order chi connectivity index (χ0) is 4.24. The minimum atomic E-state index is 1.01. The summed E-state index contributed by atoms with van der Waals surface area (Å²) in [6, 6.07) is 0. The van der Waals surface area contributed by atoms with Gasteiger partial charge in [-0.2, -0.15) is 0 Å². The third-order valence-corrected chi connectivity index (χ3v) is 1.12. The van der Waals surface area contributed by atoms with Gasteiger partial charge in [0.1, 0.15) is 0 Å². The standard InChI is InChI=1S/C4H5NS/c1-2-4-6-5-3-1/h2-4H,1H2. The monoisotopic (exact) mass is 99.0 g/mol. The van der Waals surface area contributed by atoms with Crippen molar-refractivity contribution in [2.75, 3.05) is 0 Å². The van der Waals surface area contributed by atoms with E-state index in [9.17, 15) is 0 Å². The Balaban J connectivity index is 2.40. The van der Waals surface area contributed by atoms with Crippen molar-refractivity contribution in [3.05, 3.63) is 11.5 Å². The molecule has 32 valence electrons. The lowest BCUT2D eigenvalue weighted by atomic mass is 10.5. The lowest BCUT2D eigenvalue weighted by Crippen LogP contribution is -1.69. The fraction of sp³-hybridized carbons (Fsp3) is 0.250. The van der Waals surface area contributed by atoms with Crippen LogP contribution in [0.3, 0.4) is 0 Å². The highest BCUT2D eigenvalue weighted by molar-refractivity contribution is 8.01. The van der Waals surface area contributed by atoms with Gasteiger partial charge in [-0.1, -0.05) is 6.08 Å². The second kappa shape index (κ2) is 2.03. The molecule has 1 nitrogen and oxygen atoms in total. The van der Waals surface area contributed by atoms with Gasteiger partial charge in [-0.25, -0.2) is 4.40 Å². The summed E-state index contributed by atoms with van der Waals surface area (Å²) in [5.74, 6) is 0. The van der Waals surface area contributed by atoms with Gasteiger partial charge in [0.05, 0.1) is 0 Å². The minimum Gasteiger partial charge on any atom is -0.224 e. The van der Waals surface area contributed by atoms with Gasteiger partial charge in [0.2, 0.25) is 0 Å². The van der Waals surface area contributed by atoms with Crippen molar-refractivity contribution in [1.82, 2.24) is 0 Å². The Morgan fingerprint density at radius 3 is 2.83 bits per heavy atom. The van der Waals surface area contributed by atoms with E-state index in [0.29, 0.717) is 0 Å². The Morgan fingerprint density at radius 2 is 2.67 bits per heavy atom. The number of hydrogen-bond acceptors (Lipinski definition) is 2. The fourth-order valence-corrected chi connectivity index (χ4v) is 0.720. The molecule has 0 saturated carbocycles. The summed E-state index contributed by atoms with van der Waals surface area (Å²) in [7, 11) is 0. The Hall–Kier alpha value is -0.240. The molecule has 0 unspecified atom stereocenters. The summed E-state index contributed by atoms with van der Waals surface area (Å²) < 4.78 is 3.88. The highest BCUT2D eigenvalue weighted by atomic mass is 32.2. The van der Waals surface area contributed by atoms with E-state index >= 15 is 0 Å². The molecule has 0 bridgehead atoms. The first-order valence-electron chi connectivity index (χ1n) is 1.83. The van der Waals surface area contributed by atoms with Crippen LogP contribution in [0, 0.1) is 0 Å². The van der Waals surface area contributed by atoms with Crippen molar-refractivity contribution in [1.29, 1.82) is 0 Å². The van der Waals surface area contributed by atoms with E-state index in [1.54, 1.807) is 0 Å². The first kappa shape index (κ1) is 3.93. The van der Waals surface area contributed by atoms with Crippen LogP contribution in [-0.4, -0.2) is 6.21 Å². The van der Waals surface area contributed by atoms with Crippen LogP contribution < -0.4 is 0 Å². The summed E-state index contributed by atoms with van der Waals surface area (Å²) in [4.78, 5) is 0. The average Bonchev–Trinajstić information content (AvgIpc) is 1.72. The van der Waals surface area contributed by atoms with Gasteiger partial charge in [0.25, 0.3) is 0 Å². The van der Waals surface area contributed by atoms with Crippen molar-refractivity contribution in [2.24, 2.45) is 4.40 Å². The van der Waals surface area contributed by atoms with Crippen LogP contribution in [-0.2, 0) is 0 Å². The van der Waals surface area contributed by atoms with Gasteiger partial charge in [0.15, 0.2) is 0 Å².